The lowest BCUT2D eigenvalue weighted by Crippen LogP contribution is -2.38. The molecule has 0 bridgehead atoms. The SMILES string of the molecule is I.NC(=NCC(CO)Cc1ccccn1)N1CCCCCC1. The van der Waals surface area contributed by atoms with Crippen molar-refractivity contribution < 1.29 is 5.11 Å². The summed E-state index contributed by atoms with van der Waals surface area (Å²) in [6.45, 7) is 2.65. The summed E-state index contributed by atoms with van der Waals surface area (Å²) < 4.78 is 0. The lowest BCUT2D eigenvalue weighted by molar-refractivity contribution is 0.229. The molecule has 0 spiro atoms. The molecule has 1 unspecified atom stereocenters. The van der Waals surface area contributed by atoms with E-state index in [0.29, 0.717) is 12.5 Å². The van der Waals surface area contributed by atoms with Gasteiger partial charge in [-0.25, -0.2) is 0 Å². The van der Waals surface area contributed by atoms with Crippen molar-refractivity contribution in [2.45, 2.75) is 32.1 Å². The van der Waals surface area contributed by atoms with E-state index in [1.807, 2.05) is 18.2 Å². The Bertz CT molecular complexity index is 433. The lowest BCUT2D eigenvalue weighted by atomic mass is 10.0. The van der Waals surface area contributed by atoms with Crippen LogP contribution in [0, 0.1) is 5.92 Å². The maximum atomic E-state index is 9.50. The second-order valence-electron chi connectivity index (χ2n) is 5.67. The average Bonchev–Trinajstić information content (AvgIpc) is 2.81. The van der Waals surface area contributed by atoms with Crippen molar-refractivity contribution >= 4 is 29.9 Å². The molecule has 5 nitrogen and oxygen atoms in total. The number of hydrogen-bond acceptors (Lipinski definition) is 3. The first-order chi connectivity index (χ1) is 10.3. The van der Waals surface area contributed by atoms with Gasteiger partial charge in [0.05, 0.1) is 0 Å². The van der Waals surface area contributed by atoms with E-state index in [0.717, 1.165) is 25.2 Å². The zero-order valence-corrected chi connectivity index (χ0v) is 15.4. The summed E-state index contributed by atoms with van der Waals surface area (Å²) in [7, 11) is 0. The van der Waals surface area contributed by atoms with Crippen LogP contribution in [-0.4, -0.2) is 47.2 Å². The molecule has 0 aliphatic carbocycles. The molecule has 0 saturated carbocycles. The van der Waals surface area contributed by atoms with Crippen LogP contribution in [0.4, 0.5) is 0 Å². The second-order valence-corrected chi connectivity index (χ2v) is 5.67. The first-order valence-corrected chi connectivity index (χ1v) is 7.85. The van der Waals surface area contributed by atoms with E-state index in [9.17, 15) is 5.11 Å². The van der Waals surface area contributed by atoms with Crippen LogP contribution in [0.1, 0.15) is 31.4 Å². The maximum absolute atomic E-state index is 9.50. The van der Waals surface area contributed by atoms with Gasteiger partial charge >= 0.3 is 0 Å². The second kappa shape index (κ2) is 10.8. The van der Waals surface area contributed by atoms with Crippen LogP contribution in [0.2, 0.25) is 0 Å². The van der Waals surface area contributed by atoms with Crippen LogP contribution in [0.5, 0.6) is 0 Å². The van der Waals surface area contributed by atoms with Crippen molar-refractivity contribution in [3.8, 4) is 0 Å². The van der Waals surface area contributed by atoms with E-state index in [2.05, 4.69) is 14.9 Å². The first kappa shape index (κ1) is 19.2. The Balaban J connectivity index is 0.00000242. The van der Waals surface area contributed by atoms with Gasteiger partial charge in [0.1, 0.15) is 0 Å². The topological polar surface area (TPSA) is 74.7 Å². The van der Waals surface area contributed by atoms with Crippen LogP contribution >= 0.6 is 24.0 Å². The summed E-state index contributed by atoms with van der Waals surface area (Å²) in [6, 6.07) is 5.84. The minimum absolute atomic E-state index is 0. The number of nitrogens with zero attached hydrogens (tertiary/aromatic N) is 3. The van der Waals surface area contributed by atoms with E-state index in [-0.39, 0.29) is 36.5 Å². The molecule has 1 aliphatic heterocycles. The van der Waals surface area contributed by atoms with Crippen molar-refractivity contribution in [2.24, 2.45) is 16.6 Å². The number of aliphatic hydroxyl groups excluding tert-OH is 1. The molecule has 124 valence electrons. The monoisotopic (exact) mass is 418 g/mol. The van der Waals surface area contributed by atoms with Gasteiger partial charge in [0.2, 0.25) is 0 Å². The van der Waals surface area contributed by atoms with Crippen molar-refractivity contribution in [1.29, 1.82) is 0 Å². The van der Waals surface area contributed by atoms with Gasteiger partial charge in [-0.05, 0) is 31.4 Å². The number of guanidine groups is 1. The molecule has 1 aromatic heterocycles. The van der Waals surface area contributed by atoms with Gasteiger partial charge in [0.25, 0.3) is 0 Å². The van der Waals surface area contributed by atoms with Crippen molar-refractivity contribution in [3.05, 3.63) is 30.1 Å². The molecule has 0 aromatic carbocycles. The molecule has 1 aromatic rings. The Hall–Kier alpha value is -0.890. The molecule has 2 rings (SSSR count). The number of aliphatic imine (C=N–C) groups is 1. The third-order valence-electron chi connectivity index (χ3n) is 3.92. The number of hydrogen-bond donors (Lipinski definition) is 2. The van der Waals surface area contributed by atoms with Crippen molar-refractivity contribution in [3.63, 3.8) is 0 Å². The minimum atomic E-state index is 0. The number of pyridine rings is 1. The van der Waals surface area contributed by atoms with Gasteiger partial charge < -0.3 is 15.7 Å². The van der Waals surface area contributed by atoms with Gasteiger partial charge in [0, 0.05) is 44.0 Å². The van der Waals surface area contributed by atoms with E-state index in [4.69, 9.17) is 5.73 Å². The molecule has 1 aliphatic rings. The highest BCUT2D eigenvalue weighted by Crippen LogP contribution is 2.10. The summed E-state index contributed by atoms with van der Waals surface area (Å²) >= 11 is 0. The summed E-state index contributed by atoms with van der Waals surface area (Å²) in [6.07, 6.45) is 7.44. The number of nitrogens with two attached hydrogens (primary N) is 1. The minimum Gasteiger partial charge on any atom is -0.396 e. The molecule has 6 heteroatoms. The van der Waals surface area contributed by atoms with Crippen molar-refractivity contribution in [2.75, 3.05) is 26.2 Å². The third-order valence-corrected chi connectivity index (χ3v) is 3.92. The predicted molar refractivity (Wildman–Crippen MR) is 100 cm³/mol. The summed E-state index contributed by atoms with van der Waals surface area (Å²) in [5, 5.41) is 9.50. The summed E-state index contributed by atoms with van der Waals surface area (Å²) in [4.78, 5) is 11.0. The highest BCUT2D eigenvalue weighted by atomic mass is 127. The molecule has 0 amide bonds. The molecule has 0 radical (unpaired) electrons. The normalized spacial score (nSPS) is 17.5. The number of aromatic nitrogens is 1. The van der Waals surface area contributed by atoms with Crippen molar-refractivity contribution in [1.82, 2.24) is 9.88 Å². The Morgan fingerprint density at radius 3 is 2.59 bits per heavy atom. The van der Waals surface area contributed by atoms with Gasteiger partial charge in [-0.1, -0.05) is 18.9 Å². The number of halogens is 1. The maximum Gasteiger partial charge on any atom is 0.191 e. The quantitative estimate of drug-likeness (QED) is 0.436. The Labute approximate surface area is 150 Å². The van der Waals surface area contributed by atoms with E-state index in [1.165, 1.54) is 25.7 Å². The zero-order valence-electron chi connectivity index (χ0n) is 13.0. The third kappa shape index (κ3) is 6.48. The standard InChI is InChI=1S/C16H26N4O.HI/c17-16(20-9-5-1-2-6-10-20)19-12-14(13-21)11-15-7-3-4-8-18-15;/h3-4,7-8,14,21H,1-2,5-6,9-13H2,(H2,17,19);1H. The molecule has 2 heterocycles. The van der Waals surface area contributed by atoms with Gasteiger partial charge in [-0.2, -0.15) is 0 Å². The Morgan fingerprint density at radius 2 is 2.00 bits per heavy atom. The Morgan fingerprint density at radius 1 is 1.27 bits per heavy atom. The highest BCUT2D eigenvalue weighted by molar-refractivity contribution is 14.0. The summed E-state index contributed by atoms with van der Waals surface area (Å²) in [5.41, 5.74) is 7.08. The zero-order chi connectivity index (χ0) is 14.9. The van der Waals surface area contributed by atoms with Crippen LogP contribution in [-0.2, 0) is 6.42 Å². The molecule has 22 heavy (non-hydrogen) atoms. The van der Waals surface area contributed by atoms with E-state index >= 15 is 0 Å². The molecule has 3 N–H and O–H groups in total. The predicted octanol–water partition coefficient (Wildman–Crippen LogP) is 2.04. The largest absolute Gasteiger partial charge is 0.396 e. The fourth-order valence-electron chi connectivity index (χ4n) is 2.62. The molecular weight excluding hydrogens is 391 g/mol. The molecule has 1 saturated heterocycles. The Kier molecular flexibility index (Phi) is 9.38. The highest BCUT2D eigenvalue weighted by Gasteiger charge is 2.13. The molecule has 1 atom stereocenters. The van der Waals surface area contributed by atoms with Gasteiger partial charge in [0.15, 0.2) is 5.96 Å². The number of likely N-dealkylation sites (tertiary alicyclic amines) is 1. The number of rotatable bonds is 5. The first-order valence-electron chi connectivity index (χ1n) is 7.85. The average molecular weight is 418 g/mol. The van der Waals surface area contributed by atoms with E-state index in [1.54, 1.807) is 6.20 Å². The smallest absolute Gasteiger partial charge is 0.191 e. The molecular formula is C16H27IN4O. The fraction of sp³-hybridized carbons (Fsp3) is 0.625. The lowest BCUT2D eigenvalue weighted by Gasteiger charge is -2.22. The van der Waals surface area contributed by atoms with E-state index < -0.39 is 0 Å². The summed E-state index contributed by atoms with van der Waals surface area (Å²) in [5.74, 6) is 0.696. The molecule has 1 fully saturated rings. The number of aliphatic hydroxyl groups is 1. The van der Waals surface area contributed by atoms with Crippen LogP contribution in [0.25, 0.3) is 0 Å². The van der Waals surface area contributed by atoms with Gasteiger partial charge in [-0.15, -0.1) is 24.0 Å². The van der Waals surface area contributed by atoms with Gasteiger partial charge in [-0.3, -0.25) is 9.98 Å². The van der Waals surface area contributed by atoms with Crippen LogP contribution < -0.4 is 5.73 Å². The van der Waals surface area contributed by atoms with Crippen LogP contribution in [0.3, 0.4) is 0 Å². The fourth-order valence-corrected chi connectivity index (χ4v) is 2.62. The van der Waals surface area contributed by atoms with Crippen LogP contribution in [0.15, 0.2) is 29.4 Å².